The van der Waals surface area contributed by atoms with Crippen LogP contribution in [-0.2, 0) is 4.74 Å². The summed E-state index contributed by atoms with van der Waals surface area (Å²) >= 11 is 5.21. The van der Waals surface area contributed by atoms with Gasteiger partial charge in [0.1, 0.15) is 0 Å². The molecule has 0 radical (unpaired) electrons. The molecule has 26 heavy (non-hydrogen) atoms. The van der Waals surface area contributed by atoms with Crippen LogP contribution in [0.5, 0.6) is 11.5 Å². The van der Waals surface area contributed by atoms with Gasteiger partial charge in [-0.05, 0) is 61.2 Å². The maximum Gasteiger partial charge on any atom is 0.187 e. The molecule has 1 aliphatic rings. The number of nitrogens with one attached hydrogen (secondary N) is 2. The molecule has 2 N–H and O–H groups in total. The molecule has 0 bridgehead atoms. The van der Waals surface area contributed by atoms with Gasteiger partial charge in [0.15, 0.2) is 16.6 Å². The first kappa shape index (κ1) is 20.5. The van der Waals surface area contributed by atoms with E-state index in [1.807, 2.05) is 18.2 Å². The zero-order chi connectivity index (χ0) is 18.8. The molecule has 7 heteroatoms. The fraction of sp³-hybridized carbons (Fsp3) is 0.579. The third kappa shape index (κ3) is 7.17. The number of methoxy groups -OCH3 is 1. The molecule has 1 aromatic carbocycles. The van der Waals surface area contributed by atoms with Gasteiger partial charge in [-0.2, -0.15) is 5.10 Å². The van der Waals surface area contributed by atoms with Crippen molar-refractivity contribution in [2.75, 3.05) is 26.9 Å². The highest BCUT2D eigenvalue weighted by atomic mass is 32.1. The minimum Gasteiger partial charge on any atom is -0.493 e. The van der Waals surface area contributed by atoms with Crippen LogP contribution in [0.4, 0.5) is 0 Å². The van der Waals surface area contributed by atoms with Crippen molar-refractivity contribution < 1.29 is 14.2 Å². The van der Waals surface area contributed by atoms with E-state index in [9.17, 15) is 0 Å². The van der Waals surface area contributed by atoms with Gasteiger partial charge in [0, 0.05) is 13.2 Å². The molecular formula is C19H29N3O3S. The van der Waals surface area contributed by atoms with Crippen LogP contribution in [0.25, 0.3) is 0 Å². The van der Waals surface area contributed by atoms with Crippen molar-refractivity contribution in [2.45, 2.75) is 39.2 Å². The van der Waals surface area contributed by atoms with Crippen LogP contribution in [0.15, 0.2) is 23.3 Å². The SMILES string of the molecule is COc1cc(/C=N/NC(=S)NCC2CCCO2)ccc1OCCC(C)C. The molecule has 0 aromatic heterocycles. The highest BCUT2D eigenvalue weighted by Gasteiger charge is 2.15. The van der Waals surface area contributed by atoms with Crippen molar-refractivity contribution in [1.29, 1.82) is 0 Å². The van der Waals surface area contributed by atoms with Gasteiger partial charge in [-0.3, -0.25) is 5.43 Å². The molecule has 1 heterocycles. The lowest BCUT2D eigenvalue weighted by atomic mass is 10.1. The predicted octanol–water partition coefficient (Wildman–Crippen LogP) is 3.10. The number of rotatable bonds is 9. The Morgan fingerprint density at radius 1 is 1.42 bits per heavy atom. The second-order valence-electron chi connectivity index (χ2n) is 6.66. The third-order valence-electron chi connectivity index (χ3n) is 4.03. The first-order chi connectivity index (χ1) is 12.6. The van der Waals surface area contributed by atoms with Gasteiger partial charge in [-0.1, -0.05) is 13.8 Å². The molecule has 1 unspecified atom stereocenters. The molecule has 1 saturated heterocycles. The average molecular weight is 380 g/mol. The lowest BCUT2D eigenvalue weighted by Gasteiger charge is -2.12. The summed E-state index contributed by atoms with van der Waals surface area (Å²) < 4.78 is 16.7. The summed E-state index contributed by atoms with van der Waals surface area (Å²) in [6.45, 7) is 6.56. The highest BCUT2D eigenvalue weighted by Crippen LogP contribution is 2.27. The summed E-state index contributed by atoms with van der Waals surface area (Å²) in [7, 11) is 1.63. The van der Waals surface area contributed by atoms with E-state index in [1.54, 1.807) is 13.3 Å². The van der Waals surface area contributed by atoms with Crippen LogP contribution >= 0.6 is 12.2 Å². The third-order valence-corrected chi connectivity index (χ3v) is 4.27. The number of hydrogen-bond acceptors (Lipinski definition) is 5. The lowest BCUT2D eigenvalue weighted by molar-refractivity contribution is 0.114. The van der Waals surface area contributed by atoms with E-state index in [1.165, 1.54) is 0 Å². The first-order valence-corrected chi connectivity index (χ1v) is 9.48. The normalized spacial score (nSPS) is 16.8. The number of hydrogen-bond donors (Lipinski definition) is 2. The Kier molecular flexibility index (Phi) is 8.64. The summed E-state index contributed by atoms with van der Waals surface area (Å²) in [6.07, 6.45) is 5.13. The monoisotopic (exact) mass is 379 g/mol. The fourth-order valence-electron chi connectivity index (χ4n) is 2.51. The van der Waals surface area contributed by atoms with Gasteiger partial charge >= 0.3 is 0 Å². The Morgan fingerprint density at radius 3 is 2.96 bits per heavy atom. The van der Waals surface area contributed by atoms with Gasteiger partial charge in [-0.15, -0.1) is 0 Å². The second kappa shape index (κ2) is 11.0. The lowest BCUT2D eigenvalue weighted by Crippen LogP contribution is -2.37. The van der Waals surface area contributed by atoms with E-state index in [4.69, 9.17) is 26.4 Å². The van der Waals surface area contributed by atoms with Crippen LogP contribution in [0.2, 0.25) is 0 Å². The van der Waals surface area contributed by atoms with Crippen LogP contribution in [0.1, 0.15) is 38.7 Å². The van der Waals surface area contributed by atoms with Crippen molar-refractivity contribution in [3.8, 4) is 11.5 Å². The number of ether oxygens (including phenoxy) is 3. The molecule has 1 aliphatic heterocycles. The van der Waals surface area contributed by atoms with Gasteiger partial charge in [0.25, 0.3) is 0 Å². The number of benzene rings is 1. The Labute approximate surface area is 161 Å². The average Bonchev–Trinajstić information content (AvgIpc) is 3.14. The van der Waals surface area contributed by atoms with Crippen molar-refractivity contribution in [3.05, 3.63) is 23.8 Å². The van der Waals surface area contributed by atoms with Gasteiger partial charge in [0.2, 0.25) is 0 Å². The molecule has 1 aromatic rings. The smallest absolute Gasteiger partial charge is 0.187 e. The second-order valence-corrected chi connectivity index (χ2v) is 7.06. The summed E-state index contributed by atoms with van der Waals surface area (Å²) in [6, 6.07) is 5.72. The molecule has 6 nitrogen and oxygen atoms in total. The highest BCUT2D eigenvalue weighted by molar-refractivity contribution is 7.80. The molecule has 0 amide bonds. The molecule has 1 atom stereocenters. The van der Waals surface area contributed by atoms with E-state index in [-0.39, 0.29) is 6.10 Å². The fourth-order valence-corrected chi connectivity index (χ4v) is 2.64. The van der Waals surface area contributed by atoms with E-state index < -0.39 is 0 Å². The minimum absolute atomic E-state index is 0.242. The number of nitrogens with zero attached hydrogens (tertiary/aromatic N) is 1. The Hall–Kier alpha value is -1.86. The van der Waals surface area contributed by atoms with E-state index in [0.717, 1.165) is 37.2 Å². The maximum absolute atomic E-state index is 5.79. The zero-order valence-corrected chi connectivity index (χ0v) is 16.6. The number of thiocarbonyl (C=S) groups is 1. The predicted molar refractivity (Wildman–Crippen MR) is 108 cm³/mol. The van der Waals surface area contributed by atoms with Crippen LogP contribution in [0.3, 0.4) is 0 Å². The van der Waals surface area contributed by atoms with E-state index in [2.05, 4.69) is 29.7 Å². The molecule has 0 aliphatic carbocycles. The zero-order valence-electron chi connectivity index (χ0n) is 15.8. The van der Waals surface area contributed by atoms with Crippen molar-refractivity contribution in [3.63, 3.8) is 0 Å². The molecule has 1 fully saturated rings. The van der Waals surface area contributed by atoms with Gasteiger partial charge in [0.05, 0.1) is 26.0 Å². The Bertz CT molecular complexity index is 602. The van der Waals surface area contributed by atoms with Gasteiger partial charge < -0.3 is 19.5 Å². The molecule has 0 saturated carbocycles. The Balaban J connectivity index is 1.80. The Morgan fingerprint density at radius 2 is 2.27 bits per heavy atom. The van der Waals surface area contributed by atoms with Crippen LogP contribution in [-0.4, -0.2) is 44.3 Å². The molecule has 2 rings (SSSR count). The molecule has 0 spiro atoms. The van der Waals surface area contributed by atoms with Crippen LogP contribution < -0.4 is 20.2 Å². The summed E-state index contributed by atoms with van der Waals surface area (Å²) in [4.78, 5) is 0. The van der Waals surface area contributed by atoms with Crippen molar-refractivity contribution >= 4 is 23.5 Å². The number of hydrazone groups is 1. The molecular weight excluding hydrogens is 350 g/mol. The maximum atomic E-state index is 5.79. The van der Waals surface area contributed by atoms with Crippen LogP contribution in [0, 0.1) is 5.92 Å². The summed E-state index contributed by atoms with van der Waals surface area (Å²) in [5.74, 6) is 2.04. The standard InChI is InChI=1S/C19H29N3O3S/c1-14(2)8-10-25-17-7-6-15(11-18(17)23-3)12-21-22-19(26)20-13-16-5-4-9-24-16/h6-7,11-12,14,16H,4-5,8-10,13H2,1-3H3,(H2,20,22,26)/b21-12+. The van der Waals surface area contributed by atoms with Crippen molar-refractivity contribution in [2.24, 2.45) is 11.0 Å². The largest absolute Gasteiger partial charge is 0.493 e. The molecule has 144 valence electrons. The van der Waals surface area contributed by atoms with Gasteiger partial charge in [-0.25, -0.2) is 0 Å². The topological polar surface area (TPSA) is 64.1 Å². The van der Waals surface area contributed by atoms with Crippen molar-refractivity contribution in [1.82, 2.24) is 10.7 Å². The summed E-state index contributed by atoms with van der Waals surface area (Å²) in [5, 5.41) is 7.76. The minimum atomic E-state index is 0.242. The first-order valence-electron chi connectivity index (χ1n) is 9.08. The summed E-state index contributed by atoms with van der Waals surface area (Å²) in [5.41, 5.74) is 3.71. The van der Waals surface area contributed by atoms with E-state index in [0.29, 0.717) is 29.9 Å². The quantitative estimate of drug-likeness (QED) is 0.391. The van der Waals surface area contributed by atoms with E-state index >= 15 is 0 Å².